The number of tetrazole rings is 1. The minimum atomic E-state index is -0.984. The number of aliphatic carboxylic acids is 2. The van der Waals surface area contributed by atoms with Crippen LogP contribution >= 0.6 is 10.0 Å². The van der Waals surface area contributed by atoms with E-state index in [-0.39, 0.29) is 56.0 Å². The molecule has 3 N–H and O–H groups in total. The summed E-state index contributed by atoms with van der Waals surface area (Å²) < 4.78 is 8.67. The summed E-state index contributed by atoms with van der Waals surface area (Å²) in [5.41, 5.74) is 18.2. The number of nitriles is 2. The normalized spacial score (nSPS) is 11.2. The van der Waals surface area contributed by atoms with Gasteiger partial charge in [0.2, 0.25) is 23.5 Å². The highest BCUT2D eigenvalue weighted by molar-refractivity contribution is 7.06. The second-order valence-electron chi connectivity index (χ2n) is 26.4. The van der Waals surface area contributed by atoms with E-state index in [9.17, 15) is 49.5 Å². The van der Waals surface area contributed by atoms with Crippen molar-refractivity contribution in [2.45, 2.75) is 214 Å². The number of esters is 1. The molecule has 6 aromatic carbocycles. The maximum atomic E-state index is 12.9. The van der Waals surface area contributed by atoms with Gasteiger partial charge in [-0.25, -0.2) is 18.5 Å². The molecule has 0 unspecified atom stereocenters. The predicted molar refractivity (Wildman–Crippen MR) is 427 cm³/mol. The average molecular weight is 1500 g/mol. The molecule has 0 spiro atoms. The highest BCUT2D eigenvalue weighted by Crippen LogP contribution is 2.32. The van der Waals surface area contributed by atoms with Crippen LogP contribution in [0.4, 0.5) is 0 Å². The maximum Gasteiger partial charge on any atom is 0.399 e. The Morgan fingerprint density at radius 2 is 0.858 bits per heavy atom. The number of ether oxygens (including phenoxy) is 1. The molecule has 106 heavy (non-hydrogen) atoms. The van der Waals surface area contributed by atoms with Crippen molar-refractivity contribution in [1.82, 2.24) is 35.3 Å². The molecule has 7 aromatic rings. The lowest BCUT2D eigenvalue weighted by molar-refractivity contribution is -0.155. The molecular weight excluding hydrogens is 1390 g/mol. The van der Waals surface area contributed by atoms with E-state index in [0.717, 1.165) is 105 Å². The number of amides is 3. The first-order chi connectivity index (χ1) is 50.4. The van der Waals surface area contributed by atoms with Gasteiger partial charge in [-0.3, -0.25) is 24.4 Å². The van der Waals surface area contributed by atoms with Gasteiger partial charge in [-0.2, -0.15) is 15.7 Å². The molecule has 0 aliphatic carbocycles. The maximum absolute atomic E-state index is 12.9. The quantitative estimate of drug-likeness (QED) is 0.0113. The third kappa shape index (κ3) is 30.4. The van der Waals surface area contributed by atoms with E-state index in [2.05, 4.69) is 69.5 Å². The lowest BCUT2D eigenvalue weighted by Crippen LogP contribution is -2.48. The Morgan fingerprint density at radius 1 is 0.528 bits per heavy atom. The fourth-order valence-electron chi connectivity index (χ4n) is 11.5. The number of methoxy groups -OCH3 is 1. The highest BCUT2D eigenvalue weighted by atomic mass is 35.6. The summed E-state index contributed by atoms with van der Waals surface area (Å²) >= 11 is -1.67. The summed E-state index contributed by atoms with van der Waals surface area (Å²) in [5, 5.41) is 57.0. The first-order valence-corrected chi connectivity index (χ1v) is 42.1. The van der Waals surface area contributed by atoms with Crippen molar-refractivity contribution < 1.29 is 43.7 Å². The highest BCUT2D eigenvalue weighted by Gasteiger charge is 2.35. The SMILES string of the molecule is C.CCCCC(=O)N(Cc1ccc(-c2ccccc2-c2nn[nH]n2)cc1)[C@H](C(=O)O)C(C)C.CCCCC(=O)N(Cc1ccc(-c2ccccc2C#N)cc1)[C@H](C(=O)O)C(C)C.CCCCC(=O)N(Cc1ccc(-c2ccccc2C#N)cc1)[C@H](C(=O)OC)C(C)C.C[CH2][Al]([CH2]C)[N]=[N+]=[N-].C[CH2][Al]([Cl])[CH2]C. The molecule has 21 nitrogen and oxygen atoms in total. The molecular formula is C82H111Al2ClN12O9. The topological polar surface area (TPSA) is 313 Å². The van der Waals surface area contributed by atoms with E-state index in [4.69, 9.17) is 20.3 Å². The van der Waals surface area contributed by atoms with Crippen LogP contribution in [0.2, 0.25) is 21.1 Å². The first-order valence-electron chi connectivity index (χ1n) is 36.6. The zero-order valence-corrected chi connectivity index (χ0v) is 66.9. The molecule has 0 saturated carbocycles. The molecule has 0 aliphatic heterocycles. The molecule has 0 fully saturated rings. The largest absolute Gasteiger partial charge is 0.480 e. The molecule has 566 valence electrons. The van der Waals surface area contributed by atoms with Gasteiger partial charge in [-0.05, 0) is 115 Å². The Balaban J connectivity index is 0.000000492. The van der Waals surface area contributed by atoms with Crippen LogP contribution in [0.15, 0.2) is 150 Å². The molecule has 7 rings (SSSR count). The second kappa shape index (κ2) is 51.1. The predicted octanol–water partition coefficient (Wildman–Crippen LogP) is 19.2. The Labute approximate surface area is 642 Å². The van der Waals surface area contributed by atoms with Crippen molar-refractivity contribution in [2.24, 2.45) is 21.9 Å². The lowest BCUT2D eigenvalue weighted by atomic mass is 9.97. The van der Waals surface area contributed by atoms with Gasteiger partial charge in [0.1, 0.15) is 18.1 Å². The summed E-state index contributed by atoms with van der Waals surface area (Å²) in [6, 6.07) is 47.9. The third-order valence-corrected chi connectivity index (χ3v) is 23.5. The number of H-pyrrole nitrogens is 1. The van der Waals surface area contributed by atoms with E-state index in [0.29, 0.717) is 42.8 Å². The minimum Gasteiger partial charge on any atom is -0.480 e. The molecule has 1 aromatic heterocycles. The van der Waals surface area contributed by atoms with Crippen molar-refractivity contribution in [1.29, 1.82) is 10.5 Å². The van der Waals surface area contributed by atoms with Gasteiger partial charge in [0.15, 0.2) is 0 Å². The summed E-state index contributed by atoms with van der Waals surface area (Å²) in [4.78, 5) is 82.1. The van der Waals surface area contributed by atoms with Crippen LogP contribution in [0.25, 0.3) is 55.2 Å². The molecule has 1 heterocycles. The number of carboxylic acids is 2. The van der Waals surface area contributed by atoms with E-state index in [1.165, 1.54) is 27.5 Å². The monoisotopic (exact) mass is 1500 g/mol. The van der Waals surface area contributed by atoms with Crippen LogP contribution in [0, 0.1) is 40.4 Å². The summed E-state index contributed by atoms with van der Waals surface area (Å²) in [6.45, 7) is 26.5. The van der Waals surface area contributed by atoms with E-state index in [1.807, 2.05) is 196 Å². The molecule has 0 aliphatic rings. The van der Waals surface area contributed by atoms with Gasteiger partial charge in [0.05, 0.1) is 30.4 Å². The Hall–Kier alpha value is -9.15. The third-order valence-electron chi connectivity index (χ3n) is 17.5. The summed E-state index contributed by atoms with van der Waals surface area (Å²) in [5.74, 6) is -2.59. The molecule has 0 bridgehead atoms. The number of rotatable bonds is 33. The van der Waals surface area contributed by atoms with Crippen LogP contribution in [0.1, 0.15) is 183 Å². The summed E-state index contributed by atoms with van der Waals surface area (Å²) in [6.07, 6.45) is 6.05. The van der Waals surface area contributed by atoms with Crippen molar-refractivity contribution in [3.05, 3.63) is 184 Å². The van der Waals surface area contributed by atoms with Crippen LogP contribution in [0.3, 0.4) is 0 Å². The van der Waals surface area contributed by atoms with Gasteiger partial charge < -0.3 is 29.6 Å². The summed E-state index contributed by atoms with van der Waals surface area (Å²) in [7, 11) is 7.14. The molecule has 0 saturated heterocycles. The van der Waals surface area contributed by atoms with Gasteiger partial charge in [0, 0.05) is 44.5 Å². The van der Waals surface area contributed by atoms with Gasteiger partial charge in [0.25, 0.3) is 0 Å². The number of hydrogen-bond donors (Lipinski definition) is 3. The fraction of sp³-hybridized carbons (Fsp3) is 0.451. The molecule has 24 heteroatoms. The molecule has 3 atom stereocenters. The number of nitrogens with one attached hydrogen (secondary N) is 1. The van der Waals surface area contributed by atoms with Gasteiger partial charge in [-0.1, -0.05) is 271 Å². The number of carboxylic acid groups (broad SMARTS) is 2. The van der Waals surface area contributed by atoms with Gasteiger partial charge >= 0.3 is 45.5 Å². The number of hydrogen-bond acceptors (Lipinski definition) is 13. The molecule has 3 amide bonds. The second-order valence-corrected chi connectivity index (χ2v) is 34.3. The van der Waals surface area contributed by atoms with Crippen LogP contribution < -0.4 is 0 Å². The zero-order chi connectivity index (χ0) is 78.0. The van der Waals surface area contributed by atoms with E-state index < -0.39 is 63.6 Å². The van der Waals surface area contributed by atoms with Crippen molar-refractivity contribution in [3.8, 4) is 56.9 Å². The van der Waals surface area contributed by atoms with Crippen molar-refractivity contribution in [3.63, 3.8) is 0 Å². The number of aromatic amines is 1. The number of benzene rings is 6. The standard InChI is InChI=1S/C25H30N2O3.C24H29N5O3.C24H28N2O3.4C2H5.CH4.2Al.ClH.N3/c1-5-6-11-23(28)27(24(18(2)3)25(29)30-4)17-19-12-14-20(15-13-19)22-10-8-7-9-21(22)16-26;1-4-5-10-21(30)29(22(16(2)3)24(31)32)15-17-11-13-18(14-12-17)19-8-6-7-9-20(19)23-25-27-28-26-23;1-4-5-10-22(27)26(23(17(2)3)24(28)29)16-18-11-13-19(14-12-18)21-9-7-6-8-20(21)15-25;4*1-2;;;;;1-3-2/h7-10,12-15,18,24H,5-6,11,17H2,1-4H3;6-9,11-14,16,22H,4-5,10,15H2,1-3H3,(H,31,32)(H,25,26,27,28);6-9,11-14,17,23H,4-5,10,16H2,1-3H3,(H,28,29);4*1H2,2H3;1H4;;;1H;/q;;;;;;;;2*+1;;-1/p-1/t24-;22-;23-;;;;;;;;;/m000........./s1. The number of unbranched alkanes of at least 4 members (excludes halogenated alkanes) is 3. The minimum absolute atomic E-state index is 0. The van der Waals surface area contributed by atoms with Crippen molar-refractivity contribution in [2.75, 3.05) is 7.11 Å². The van der Waals surface area contributed by atoms with Crippen LogP contribution in [0.5, 0.6) is 0 Å². The number of carbonyl (C=O) groups excluding carboxylic acids is 4. The number of azide groups is 1. The number of aromatic nitrogens is 4. The number of nitrogens with zero attached hydrogens (tertiary/aromatic N) is 11. The van der Waals surface area contributed by atoms with E-state index in [1.54, 1.807) is 17.0 Å². The Morgan fingerprint density at radius 3 is 1.12 bits per heavy atom. The average Bonchev–Trinajstić information content (AvgIpc) is 1.29. The fourth-order valence-corrected chi connectivity index (χ4v) is 13.1. The van der Waals surface area contributed by atoms with Crippen LogP contribution in [-0.4, -0.2) is 134 Å². The smallest absolute Gasteiger partial charge is 0.399 e. The Kier molecular flexibility index (Phi) is 44.8. The Bertz CT molecular complexity index is 3910. The first kappa shape index (κ1) is 92.9. The number of halogens is 1. The molecule has 0 radical (unpaired) electrons. The van der Waals surface area contributed by atoms with E-state index >= 15 is 0 Å². The number of carbonyl (C=O) groups is 6. The van der Waals surface area contributed by atoms with Crippen LogP contribution in [-0.2, 0) is 53.1 Å². The van der Waals surface area contributed by atoms with Crippen molar-refractivity contribution >= 4 is 73.3 Å². The zero-order valence-electron chi connectivity index (χ0n) is 63.8. The van der Waals surface area contributed by atoms with Gasteiger partial charge in [-0.15, -0.1) is 10.2 Å². The lowest BCUT2D eigenvalue weighted by Gasteiger charge is -2.32.